The summed E-state index contributed by atoms with van der Waals surface area (Å²) < 4.78 is 5.23. The molecule has 0 spiro atoms. The molecule has 0 saturated carbocycles. The second kappa shape index (κ2) is 7.88. The van der Waals surface area contributed by atoms with Gasteiger partial charge in [-0.15, -0.1) is 0 Å². The lowest BCUT2D eigenvalue weighted by Gasteiger charge is -2.23. The number of nitrogens with zero attached hydrogens (tertiary/aromatic N) is 1. The van der Waals surface area contributed by atoms with E-state index in [1.54, 1.807) is 0 Å². The smallest absolute Gasteiger partial charge is 0.255 e. The zero-order chi connectivity index (χ0) is 17.0. The highest BCUT2D eigenvalue weighted by molar-refractivity contribution is 6.32. The second-order valence-corrected chi connectivity index (χ2v) is 6.16. The Morgan fingerprint density at radius 1 is 1.52 bits per heavy atom. The molecule has 1 aliphatic rings. The van der Waals surface area contributed by atoms with Gasteiger partial charge in [-0.3, -0.25) is 9.69 Å². The van der Waals surface area contributed by atoms with Crippen molar-refractivity contribution in [3.05, 3.63) is 22.2 Å². The third kappa shape index (κ3) is 3.72. The van der Waals surface area contributed by atoms with E-state index in [1.165, 1.54) is 13.2 Å². The molecule has 1 amide bonds. The van der Waals surface area contributed by atoms with E-state index < -0.39 is 0 Å². The van der Waals surface area contributed by atoms with Crippen LogP contribution in [0.3, 0.4) is 0 Å². The quantitative estimate of drug-likeness (QED) is 0.836. The first kappa shape index (κ1) is 17.9. The molecule has 0 radical (unpaired) electrons. The monoisotopic (exact) mass is 340 g/mol. The van der Waals surface area contributed by atoms with Gasteiger partial charge in [0.25, 0.3) is 5.91 Å². The van der Waals surface area contributed by atoms with E-state index in [4.69, 9.17) is 16.3 Å². The summed E-state index contributed by atoms with van der Waals surface area (Å²) in [6.07, 6.45) is 2.84. The molecule has 0 unspecified atom stereocenters. The highest BCUT2D eigenvalue weighted by Crippen LogP contribution is 2.37. The van der Waals surface area contributed by atoms with Gasteiger partial charge >= 0.3 is 0 Å². The number of nitrogens with one attached hydrogen (secondary N) is 1. The molecule has 128 valence electrons. The standard InChI is InChI=1S/C17H25ClN2O3/c1-4-12-13(18)9-14(21)16(23-3)15(12)17(22)19-10-11-7-6-8-20(11)5-2/h9,11,21H,4-8,10H2,1-3H3,(H,19,22)/t11-/m0/s1. The molecule has 2 rings (SSSR count). The lowest BCUT2D eigenvalue weighted by Crippen LogP contribution is -2.40. The number of rotatable bonds is 6. The van der Waals surface area contributed by atoms with Gasteiger partial charge in [0.1, 0.15) is 0 Å². The number of methoxy groups -OCH3 is 1. The molecular weight excluding hydrogens is 316 g/mol. The summed E-state index contributed by atoms with van der Waals surface area (Å²) in [5.74, 6) is -0.183. The number of amides is 1. The van der Waals surface area contributed by atoms with E-state index in [0.29, 0.717) is 35.2 Å². The van der Waals surface area contributed by atoms with E-state index in [2.05, 4.69) is 17.1 Å². The fourth-order valence-electron chi connectivity index (χ4n) is 3.29. The molecule has 5 nitrogen and oxygen atoms in total. The minimum atomic E-state index is -0.251. The van der Waals surface area contributed by atoms with Crippen molar-refractivity contribution in [2.75, 3.05) is 26.7 Å². The lowest BCUT2D eigenvalue weighted by molar-refractivity contribution is 0.0936. The Hall–Kier alpha value is -1.46. The van der Waals surface area contributed by atoms with Crippen molar-refractivity contribution in [2.24, 2.45) is 0 Å². The molecule has 0 aromatic heterocycles. The molecule has 1 heterocycles. The maximum Gasteiger partial charge on any atom is 0.255 e. The van der Waals surface area contributed by atoms with Gasteiger partial charge in [0.05, 0.1) is 12.7 Å². The van der Waals surface area contributed by atoms with Gasteiger partial charge < -0.3 is 15.2 Å². The number of phenols is 1. The van der Waals surface area contributed by atoms with Crippen LogP contribution in [0, 0.1) is 0 Å². The average molecular weight is 341 g/mol. The number of carbonyl (C=O) groups is 1. The van der Waals surface area contributed by atoms with E-state index in [-0.39, 0.29) is 17.4 Å². The summed E-state index contributed by atoms with van der Waals surface area (Å²) in [5, 5.41) is 13.4. The van der Waals surface area contributed by atoms with Crippen LogP contribution < -0.4 is 10.1 Å². The molecule has 1 fully saturated rings. The van der Waals surface area contributed by atoms with Crippen molar-refractivity contribution < 1.29 is 14.6 Å². The zero-order valence-corrected chi connectivity index (χ0v) is 14.7. The molecule has 6 heteroatoms. The minimum absolute atomic E-state index is 0.115. The number of hydrogen-bond donors (Lipinski definition) is 2. The number of benzene rings is 1. The summed E-state index contributed by atoms with van der Waals surface area (Å²) in [6, 6.07) is 1.79. The van der Waals surface area contributed by atoms with Crippen LogP contribution in [0.15, 0.2) is 6.07 Å². The Morgan fingerprint density at radius 2 is 2.26 bits per heavy atom. The molecule has 2 N–H and O–H groups in total. The molecule has 1 saturated heterocycles. The van der Waals surface area contributed by atoms with E-state index in [1.807, 2.05) is 6.92 Å². The van der Waals surface area contributed by atoms with Gasteiger partial charge in [-0.05, 0) is 37.9 Å². The van der Waals surface area contributed by atoms with E-state index in [9.17, 15) is 9.90 Å². The van der Waals surface area contributed by atoms with Gasteiger partial charge in [-0.2, -0.15) is 0 Å². The maximum absolute atomic E-state index is 12.7. The Labute approximate surface area is 142 Å². The lowest BCUT2D eigenvalue weighted by atomic mass is 10.0. The van der Waals surface area contributed by atoms with Crippen molar-refractivity contribution in [3.8, 4) is 11.5 Å². The number of ether oxygens (including phenoxy) is 1. The number of phenolic OH excluding ortho intramolecular Hbond substituents is 1. The van der Waals surface area contributed by atoms with Crippen LogP contribution in [0.2, 0.25) is 5.02 Å². The van der Waals surface area contributed by atoms with Crippen LogP contribution in [0.5, 0.6) is 11.5 Å². The number of carbonyl (C=O) groups excluding carboxylic acids is 1. The Morgan fingerprint density at radius 3 is 2.87 bits per heavy atom. The van der Waals surface area contributed by atoms with Gasteiger partial charge in [-0.1, -0.05) is 25.4 Å². The fourth-order valence-corrected chi connectivity index (χ4v) is 3.62. The van der Waals surface area contributed by atoms with Crippen molar-refractivity contribution in [3.63, 3.8) is 0 Å². The summed E-state index contributed by atoms with van der Waals surface area (Å²) in [7, 11) is 1.44. The largest absolute Gasteiger partial charge is 0.504 e. The summed E-state index contributed by atoms with van der Waals surface area (Å²) in [4.78, 5) is 15.0. The van der Waals surface area contributed by atoms with Crippen molar-refractivity contribution in [1.29, 1.82) is 0 Å². The topological polar surface area (TPSA) is 61.8 Å². The summed E-state index contributed by atoms with van der Waals surface area (Å²) in [5.41, 5.74) is 1.03. The molecular formula is C17H25ClN2O3. The summed E-state index contributed by atoms with van der Waals surface area (Å²) in [6.45, 7) is 6.71. The number of aromatic hydroxyl groups is 1. The van der Waals surface area contributed by atoms with Crippen LogP contribution in [0.1, 0.15) is 42.6 Å². The zero-order valence-electron chi connectivity index (χ0n) is 14.0. The highest BCUT2D eigenvalue weighted by Gasteiger charge is 2.26. The van der Waals surface area contributed by atoms with Gasteiger partial charge in [0, 0.05) is 23.7 Å². The molecule has 1 aliphatic heterocycles. The molecule has 1 atom stereocenters. The highest BCUT2D eigenvalue weighted by atomic mass is 35.5. The van der Waals surface area contributed by atoms with E-state index >= 15 is 0 Å². The SMILES string of the molecule is CCc1c(Cl)cc(O)c(OC)c1C(=O)NC[C@@H]1CCCN1CC. The Kier molecular flexibility index (Phi) is 6.13. The van der Waals surface area contributed by atoms with Crippen LogP contribution in [0.25, 0.3) is 0 Å². The third-order valence-electron chi connectivity index (χ3n) is 4.50. The second-order valence-electron chi connectivity index (χ2n) is 5.75. The maximum atomic E-state index is 12.7. The molecule has 0 bridgehead atoms. The van der Waals surface area contributed by atoms with Crippen molar-refractivity contribution in [2.45, 2.75) is 39.2 Å². The number of halogens is 1. The fraction of sp³-hybridized carbons (Fsp3) is 0.588. The first-order valence-electron chi connectivity index (χ1n) is 8.13. The molecule has 1 aromatic rings. The summed E-state index contributed by atoms with van der Waals surface area (Å²) >= 11 is 6.18. The minimum Gasteiger partial charge on any atom is -0.504 e. The van der Waals surface area contributed by atoms with Crippen LogP contribution in [-0.2, 0) is 6.42 Å². The Balaban J connectivity index is 2.21. The normalized spacial score (nSPS) is 18.2. The van der Waals surface area contributed by atoms with Gasteiger partial charge in [0.2, 0.25) is 0 Å². The molecule has 23 heavy (non-hydrogen) atoms. The number of likely N-dealkylation sites (N-methyl/N-ethyl adjacent to an activating group) is 1. The first-order valence-corrected chi connectivity index (χ1v) is 8.51. The third-order valence-corrected chi connectivity index (χ3v) is 4.84. The Bertz CT molecular complexity index is 549. The predicted molar refractivity (Wildman–Crippen MR) is 91.6 cm³/mol. The predicted octanol–water partition coefficient (Wildman–Crippen LogP) is 2.83. The van der Waals surface area contributed by atoms with Crippen LogP contribution in [-0.4, -0.2) is 48.7 Å². The van der Waals surface area contributed by atoms with Crippen LogP contribution in [0.4, 0.5) is 0 Å². The number of hydrogen-bond acceptors (Lipinski definition) is 4. The van der Waals surface area contributed by atoms with Gasteiger partial charge in [0.15, 0.2) is 11.5 Å². The van der Waals surface area contributed by atoms with E-state index in [0.717, 1.165) is 25.9 Å². The van der Waals surface area contributed by atoms with Crippen LogP contribution >= 0.6 is 11.6 Å². The molecule has 1 aromatic carbocycles. The van der Waals surface area contributed by atoms with Crippen molar-refractivity contribution >= 4 is 17.5 Å². The number of likely N-dealkylation sites (tertiary alicyclic amines) is 1. The first-order chi connectivity index (χ1) is 11.0. The molecule has 0 aliphatic carbocycles. The van der Waals surface area contributed by atoms with Crippen molar-refractivity contribution in [1.82, 2.24) is 10.2 Å². The average Bonchev–Trinajstić information content (AvgIpc) is 2.99. The van der Waals surface area contributed by atoms with Gasteiger partial charge in [-0.25, -0.2) is 0 Å².